The molecule has 3 rings (SSSR count). The van der Waals surface area contributed by atoms with Crippen LogP contribution in [0.4, 0.5) is 14.5 Å². The maximum absolute atomic E-state index is 14.1. The standard InChI is InChI=1S/C17H11F2NO3/c18-13-3-1-10(2-4-13)5-12(8-21)11-6-14(19)17-15(7-11)20-16(22)9-23-17/h1-8H,9H2,(H,20,22). The predicted octanol–water partition coefficient (Wildman–Crippen LogP) is 3.04. The number of fused-ring (bicyclic) bond motifs is 1. The summed E-state index contributed by atoms with van der Waals surface area (Å²) >= 11 is 0. The highest BCUT2D eigenvalue weighted by Gasteiger charge is 2.21. The van der Waals surface area contributed by atoms with Gasteiger partial charge in [0.15, 0.2) is 24.5 Å². The van der Waals surface area contributed by atoms with Crippen molar-refractivity contribution in [3.8, 4) is 5.75 Å². The summed E-state index contributed by atoms with van der Waals surface area (Å²) in [5, 5.41) is 2.49. The van der Waals surface area contributed by atoms with Crippen molar-refractivity contribution in [2.24, 2.45) is 0 Å². The first-order valence-corrected chi connectivity index (χ1v) is 6.76. The van der Waals surface area contributed by atoms with Crippen molar-refractivity contribution in [3.63, 3.8) is 0 Å². The highest BCUT2D eigenvalue weighted by Crippen LogP contribution is 2.34. The Morgan fingerprint density at radius 2 is 1.91 bits per heavy atom. The van der Waals surface area contributed by atoms with E-state index in [1.165, 1.54) is 36.4 Å². The van der Waals surface area contributed by atoms with E-state index in [2.05, 4.69) is 5.32 Å². The highest BCUT2D eigenvalue weighted by atomic mass is 19.1. The lowest BCUT2D eigenvalue weighted by Gasteiger charge is -2.19. The molecule has 0 saturated heterocycles. The Morgan fingerprint density at radius 3 is 2.61 bits per heavy atom. The minimum atomic E-state index is -0.677. The third-order valence-corrected chi connectivity index (χ3v) is 3.32. The fraction of sp³-hybridized carbons (Fsp3) is 0.0588. The third kappa shape index (κ3) is 3.11. The topological polar surface area (TPSA) is 55.4 Å². The van der Waals surface area contributed by atoms with Gasteiger partial charge in [-0.2, -0.15) is 0 Å². The molecule has 4 nitrogen and oxygen atoms in total. The Morgan fingerprint density at radius 1 is 1.17 bits per heavy atom. The summed E-state index contributed by atoms with van der Waals surface area (Å²) in [6.07, 6.45) is 2.06. The summed E-state index contributed by atoms with van der Waals surface area (Å²) in [4.78, 5) is 22.7. The van der Waals surface area contributed by atoms with E-state index in [1.54, 1.807) is 0 Å². The maximum Gasteiger partial charge on any atom is 0.262 e. The Hall–Kier alpha value is -3.02. The van der Waals surface area contributed by atoms with Crippen molar-refractivity contribution < 1.29 is 23.1 Å². The maximum atomic E-state index is 14.1. The van der Waals surface area contributed by atoms with Gasteiger partial charge in [-0.15, -0.1) is 0 Å². The molecule has 0 radical (unpaired) electrons. The van der Waals surface area contributed by atoms with Crippen LogP contribution < -0.4 is 10.1 Å². The molecule has 0 aliphatic carbocycles. The molecule has 0 unspecified atom stereocenters. The fourth-order valence-corrected chi connectivity index (χ4v) is 2.25. The molecule has 0 saturated carbocycles. The Kier molecular flexibility index (Phi) is 3.89. The first-order chi connectivity index (χ1) is 11.1. The van der Waals surface area contributed by atoms with E-state index in [4.69, 9.17) is 4.74 Å². The van der Waals surface area contributed by atoms with E-state index in [1.807, 2.05) is 0 Å². The van der Waals surface area contributed by atoms with Crippen LogP contribution >= 0.6 is 0 Å². The zero-order valence-corrected chi connectivity index (χ0v) is 11.8. The number of hydrogen-bond acceptors (Lipinski definition) is 3. The zero-order valence-electron chi connectivity index (χ0n) is 11.8. The molecule has 1 aliphatic heterocycles. The van der Waals surface area contributed by atoms with Crippen molar-refractivity contribution in [1.82, 2.24) is 0 Å². The second-order valence-corrected chi connectivity index (χ2v) is 4.94. The molecule has 1 N–H and O–H groups in total. The van der Waals surface area contributed by atoms with Crippen LogP contribution in [-0.4, -0.2) is 18.8 Å². The van der Waals surface area contributed by atoms with Crippen molar-refractivity contribution >= 4 is 29.5 Å². The van der Waals surface area contributed by atoms with E-state index < -0.39 is 17.5 Å². The van der Waals surface area contributed by atoms with Crippen molar-refractivity contribution in [2.45, 2.75) is 0 Å². The molecule has 23 heavy (non-hydrogen) atoms. The van der Waals surface area contributed by atoms with Gasteiger partial charge in [-0.25, -0.2) is 8.78 Å². The molecule has 0 atom stereocenters. The van der Waals surface area contributed by atoms with Crippen LogP contribution in [0.2, 0.25) is 0 Å². The van der Waals surface area contributed by atoms with Crippen LogP contribution in [0.1, 0.15) is 11.1 Å². The molecule has 0 spiro atoms. The number of allylic oxidation sites excluding steroid dienone is 1. The lowest BCUT2D eigenvalue weighted by atomic mass is 10.0. The van der Waals surface area contributed by atoms with E-state index >= 15 is 0 Å². The van der Waals surface area contributed by atoms with E-state index in [9.17, 15) is 18.4 Å². The summed E-state index contributed by atoms with van der Waals surface area (Å²) in [6.45, 7) is -0.255. The van der Waals surface area contributed by atoms with Gasteiger partial charge in [0.25, 0.3) is 5.91 Å². The molecule has 1 aliphatic rings. The first kappa shape index (κ1) is 14.9. The number of aldehydes is 1. The number of carbonyl (C=O) groups excluding carboxylic acids is 2. The van der Waals surface area contributed by atoms with Gasteiger partial charge in [0, 0.05) is 5.57 Å². The molecule has 0 bridgehead atoms. The van der Waals surface area contributed by atoms with Crippen molar-refractivity contribution in [1.29, 1.82) is 0 Å². The molecule has 1 amide bonds. The number of ether oxygens (including phenoxy) is 1. The van der Waals surface area contributed by atoms with Gasteiger partial charge in [0.05, 0.1) is 5.69 Å². The van der Waals surface area contributed by atoms with Gasteiger partial charge in [-0.3, -0.25) is 9.59 Å². The largest absolute Gasteiger partial charge is 0.478 e. The molecular weight excluding hydrogens is 304 g/mol. The van der Waals surface area contributed by atoms with Crippen molar-refractivity contribution in [3.05, 3.63) is 59.2 Å². The Bertz CT molecular complexity index is 813. The van der Waals surface area contributed by atoms with Gasteiger partial charge < -0.3 is 10.1 Å². The molecule has 2 aromatic carbocycles. The number of benzene rings is 2. The van der Waals surface area contributed by atoms with Crippen LogP contribution in [-0.2, 0) is 9.59 Å². The average Bonchev–Trinajstić information content (AvgIpc) is 2.53. The van der Waals surface area contributed by atoms with E-state index in [-0.39, 0.29) is 29.2 Å². The van der Waals surface area contributed by atoms with Crippen LogP contribution in [0.25, 0.3) is 11.6 Å². The summed E-state index contributed by atoms with van der Waals surface area (Å²) < 4.78 is 32.0. The molecule has 2 aromatic rings. The van der Waals surface area contributed by atoms with E-state index in [0.717, 1.165) is 6.07 Å². The molecular formula is C17H11F2NO3. The minimum absolute atomic E-state index is 0.0552. The van der Waals surface area contributed by atoms with Gasteiger partial charge in [-0.1, -0.05) is 12.1 Å². The number of anilines is 1. The minimum Gasteiger partial charge on any atom is -0.478 e. The normalized spacial score (nSPS) is 13.8. The smallest absolute Gasteiger partial charge is 0.262 e. The molecule has 0 fully saturated rings. The summed E-state index contributed by atoms with van der Waals surface area (Å²) in [5.74, 6) is -1.52. The molecule has 0 aromatic heterocycles. The first-order valence-electron chi connectivity index (χ1n) is 6.76. The molecule has 6 heteroatoms. The SMILES string of the molecule is O=CC(=Cc1ccc(F)cc1)c1cc(F)c2c(c1)NC(=O)CO2. The number of rotatable bonds is 3. The predicted molar refractivity (Wildman–Crippen MR) is 80.9 cm³/mol. The number of halogens is 2. The average molecular weight is 315 g/mol. The van der Waals surface area contributed by atoms with E-state index in [0.29, 0.717) is 11.8 Å². The van der Waals surface area contributed by atoms with Crippen LogP contribution in [0, 0.1) is 11.6 Å². The highest BCUT2D eigenvalue weighted by molar-refractivity contribution is 6.14. The van der Waals surface area contributed by atoms with Gasteiger partial charge >= 0.3 is 0 Å². The lowest BCUT2D eigenvalue weighted by molar-refractivity contribution is -0.118. The van der Waals surface area contributed by atoms with Crippen LogP contribution in [0.15, 0.2) is 36.4 Å². The quantitative estimate of drug-likeness (QED) is 0.538. The van der Waals surface area contributed by atoms with Gasteiger partial charge in [0.1, 0.15) is 5.82 Å². The molecule has 1 heterocycles. The van der Waals surface area contributed by atoms with Crippen molar-refractivity contribution in [2.75, 3.05) is 11.9 Å². The summed E-state index contributed by atoms with van der Waals surface area (Å²) in [6, 6.07) is 8.13. The lowest BCUT2D eigenvalue weighted by Crippen LogP contribution is -2.26. The molecule has 116 valence electrons. The van der Waals surface area contributed by atoms with Gasteiger partial charge in [0.2, 0.25) is 0 Å². The Balaban J connectivity index is 2.03. The fourth-order valence-electron chi connectivity index (χ4n) is 2.25. The van der Waals surface area contributed by atoms with Crippen LogP contribution in [0.3, 0.4) is 0 Å². The summed E-state index contributed by atoms with van der Waals surface area (Å²) in [7, 11) is 0. The zero-order chi connectivity index (χ0) is 16.4. The Labute approximate surface area is 130 Å². The van der Waals surface area contributed by atoms with Crippen LogP contribution in [0.5, 0.6) is 5.75 Å². The number of hydrogen-bond donors (Lipinski definition) is 1. The monoisotopic (exact) mass is 315 g/mol. The second-order valence-electron chi connectivity index (χ2n) is 4.94. The van der Waals surface area contributed by atoms with Gasteiger partial charge in [-0.05, 0) is 41.5 Å². The summed E-state index contributed by atoms with van der Waals surface area (Å²) in [5.41, 5.74) is 1.24. The third-order valence-electron chi connectivity index (χ3n) is 3.32. The number of carbonyl (C=O) groups is 2. The number of amides is 1. The second kappa shape index (κ2) is 6.00. The number of nitrogens with one attached hydrogen (secondary N) is 1.